The minimum Gasteiger partial charge on any atom is -0.493 e. The second kappa shape index (κ2) is 11.6. The first-order valence-electron chi connectivity index (χ1n) is 10.8. The van der Waals surface area contributed by atoms with Crippen LogP contribution in [0.3, 0.4) is 0 Å². The molecular formula is C24H28F2N2O4. The second-order valence-corrected chi connectivity index (χ2v) is 8.02. The van der Waals surface area contributed by atoms with Gasteiger partial charge in [-0.05, 0) is 55.0 Å². The van der Waals surface area contributed by atoms with Crippen molar-refractivity contribution >= 4 is 11.9 Å². The van der Waals surface area contributed by atoms with E-state index < -0.39 is 17.6 Å². The third kappa shape index (κ3) is 7.60. The van der Waals surface area contributed by atoms with Crippen LogP contribution in [0.2, 0.25) is 0 Å². The Morgan fingerprint density at radius 1 is 1.03 bits per heavy atom. The molecule has 2 N–H and O–H groups in total. The first kappa shape index (κ1) is 23.7. The number of hydrogen-bond donors (Lipinski definition) is 2. The molecule has 0 aromatic heterocycles. The van der Waals surface area contributed by atoms with Crippen molar-refractivity contribution in [2.75, 3.05) is 19.7 Å². The van der Waals surface area contributed by atoms with Gasteiger partial charge in [-0.25, -0.2) is 8.78 Å². The van der Waals surface area contributed by atoms with Crippen LogP contribution in [0.1, 0.15) is 42.4 Å². The van der Waals surface area contributed by atoms with Gasteiger partial charge in [0.05, 0.1) is 13.2 Å². The van der Waals surface area contributed by atoms with Crippen molar-refractivity contribution in [3.05, 3.63) is 64.7 Å². The molecule has 0 saturated heterocycles. The van der Waals surface area contributed by atoms with Crippen LogP contribution < -0.4 is 10.1 Å². The molecular weight excluding hydrogens is 418 g/mol. The van der Waals surface area contributed by atoms with E-state index in [0.29, 0.717) is 37.4 Å². The lowest BCUT2D eigenvalue weighted by Gasteiger charge is -2.24. The Morgan fingerprint density at radius 2 is 1.81 bits per heavy atom. The number of benzene rings is 2. The molecule has 1 amide bonds. The third-order valence-electron chi connectivity index (χ3n) is 5.24. The summed E-state index contributed by atoms with van der Waals surface area (Å²) in [5, 5.41) is 11.9. The van der Waals surface area contributed by atoms with Gasteiger partial charge < -0.3 is 15.2 Å². The monoisotopic (exact) mass is 446 g/mol. The fourth-order valence-electron chi connectivity index (χ4n) is 3.75. The summed E-state index contributed by atoms with van der Waals surface area (Å²) >= 11 is 0. The number of carbonyl (C=O) groups excluding carboxylic acids is 1. The Balaban J connectivity index is 1.88. The van der Waals surface area contributed by atoms with Crippen molar-refractivity contribution in [3.8, 4) is 5.75 Å². The highest BCUT2D eigenvalue weighted by Gasteiger charge is 2.17. The maximum Gasteiger partial charge on any atom is 0.303 e. The number of nitrogens with zero attached hydrogens (tertiary/aromatic N) is 1. The molecule has 1 aliphatic rings. The highest BCUT2D eigenvalue weighted by molar-refractivity contribution is 5.78. The number of amides is 1. The maximum absolute atomic E-state index is 13.7. The van der Waals surface area contributed by atoms with Gasteiger partial charge in [0.15, 0.2) is 0 Å². The fraction of sp³-hybridized carbons (Fsp3) is 0.417. The molecule has 0 atom stereocenters. The smallest absolute Gasteiger partial charge is 0.303 e. The first-order valence-corrected chi connectivity index (χ1v) is 10.8. The number of carbonyl (C=O) groups is 2. The Hall–Kier alpha value is -3.00. The van der Waals surface area contributed by atoms with Crippen LogP contribution in [0.15, 0.2) is 36.4 Å². The first-order chi connectivity index (χ1) is 15.4. The van der Waals surface area contributed by atoms with E-state index in [1.165, 1.54) is 12.1 Å². The molecule has 1 heterocycles. The molecule has 32 heavy (non-hydrogen) atoms. The normalized spacial score (nSPS) is 16.0. The van der Waals surface area contributed by atoms with Crippen molar-refractivity contribution < 1.29 is 28.2 Å². The van der Waals surface area contributed by atoms with Crippen LogP contribution in [-0.4, -0.2) is 41.6 Å². The number of carboxylic acid groups (broad SMARTS) is 1. The molecule has 8 heteroatoms. The molecule has 0 spiro atoms. The summed E-state index contributed by atoms with van der Waals surface area (Å²) < 4.78 is 33.4. The number of carboxylic acids is 1. The second-order valence-electron chi connectivity index (χ2n) is 8.02. The largest absolute Gasteiger partial charge is 0.493 e. The van der Waals surface area contributed by atoms with E-state index in [2.05, 4.69) is 5.32 Å². The van der Waals surface area contributed by atoms with Crippen LogP contribution in [-0.2, 0) is 29.1 Å². The SMILES string of the molecule is O=C(O)CCc1ccc2c(c1)CN(Cc1cc(F)cc(F)c1)CC(=O)NCCCCCO2. The predicted molar refractivity (Wildman–Crippen MR) is 115 cm³/mol. The lowest BCUT2D eigenvalue weighted by molar-refractivity contribution is -0.137. The fourth-order valence-corrected chi connectivity index (χ4v) is 3.75. The summed E-state index contributed by atoms with van der Waals surface area (Å²) in [7, 11) is 0. The summed E-state index contributed by atoms with van der Waals surface area (Å²) in [6.45, 7) is 1.62. The van der Waals surface area contributed by atoms with E-state index >= 15 is 0 Å². The summed E-state index contributed by atoms with van der Waals surface area (Å²) in [6.07, 6.45) is 2.98. The topological polar surface area (TPSA) is 78.9 Å². The van der Waals surface area contributed by atoms with E-state index in [0.717, 1.165) is 36.5 Å². The lowest BCUT2D eigenvalue weighted by atomic mass is 10.0. The summed E-state index contributed by atoms with van der Waals surface area (Å²) in [5.74, 6) is -1.72. The summed E-state index contributed by atoms with van der Waals surface area (Å²) in [4.78, 5) is 25.2. The van der Waals surface area contributed by atoms with Crippen LogP contribution in [0, 0.1) is 11.6 Å². The molecule has 0 radical (unpaired) electrons. The van der Waals surface area contributed by atoms with Crippen molar-refractivity contribution in [2.24, 2.45) is 0 Å². The van der Waals surface area contributed by atoms with Gasteiger partial charge in [-0.3, -0.25) is 14.5 Å². The van der Waals surface area contributed by atoms with Crippen molar-refractivity contribution in [1.82, 2.24) is 10.2 Å². The number of hydrogen-bond acceptors (Lipinski definition) is 4. The molecule has 6 nitrogen and oxygen atoms in total. The molecule has 0 bridgehead atoms. The van der Waals surface area contributed by atoms with E-state index in [9.17, 15) is 18.4 Å². The summed E-state index contributed by atoms with van der Waals surface area (Å²) in [6, 6.07) is 8.87. The van der Waals surface area contributed by atoms with Crippen molar-refractivity contribution in [1.29, 1.82) is 0 Å². The average molecular weight is 446 g/mol. The number of ether oxygens (including phenoxy) is 1. The van der Waals surface area contributed by atoms with E-state index in [1.54, 1.807) is 4.90 Å². The Morgan fingerprint density at radius 3 is 2.56 bits per heavy atom. The standard InChI is InChI=1S/C24H28F2N2O4/c25-20-11-18(12-21(26)13-20)14-28-15-19-10-17(5-7-24(30)31)4-6-22(19)32-9-3-1-2-8-27-23(29)16-28/h4,6,10-13H,1-3,5,7-9,14-16H2,(H,27,29)(H,30,31). The molecule has 0 aliphatic carbocycles. The van der Waals surface area contributed by atoms with Gasteiger partial charge >= 0.3 is 5.97 Å². The van der Waals surface area contributed by atoms with E-state index in [4.69, 9.17) is 9.84 Å². The molecule has 3 rings (SSSR count). The van der Waals surface area contributed by atoms with Crippen LogP contribution in [0.5, 0.6) is 5.75 Å². The van der Waals surface area contributed by atoms with Gasteiger partial charge in [0.25, 0.3) is 0 Å². The average Bonchev–Trinajstić information content (AvgIpc) is 2.72. The Bertz CT molecular complexity index is 931. The molecule has 0 fully saturated rings. The number of rotatable bonds is 5. The lowest BCUT2D eigenvalue weighted by Crippen LogP contribution is -2.37. The Labute approximate surface area is 186 Å². The molecule has 172 valence electrons. The summed E-state index contributed by atoms with van der Waals surface area (Å²) in [5.41, 5.74) is 2.07. The van der Waals surface area contributed by atoms with Crippen LogP contribution in [0.4, 0.5) is 8.78 Å². The van der Waals surface area contributed by atoms with Gasteiger partial charge in [-0.2, -0.15) is 0 Å². The predicted octanol–water partition coefficient (Wildman–Crippen LogP) is 3.66. The van der Waals surface area contributed by atoms with Gasteiger partial charge in [0, 0.05) is 37.7 Å². The maximum atomic E-state index is 13.7. The van der Waals surface area contributed by atoms with Crippen molar-refractivity contribution in [3.63, 3.8) is 0 Å². The zero-order valence-corrected chi connectivity index (χ0v) is 17.9. The minimum atomic E-state index is -0.878. The highest BCUT2D eigenvalue weighted by atomic mass is 19.1. The molecule has 0 unspecified atom stereocenters. The molecule has 0 saturated carbocycles. The van der Waals surface area contributed by atoms with E-state index in [-0.39, 0.29) is 25.4 Å². The quantitative estimate of drug-likeness (QED) is 0.733. The van der Waals surface area contributed by atoms with Gasteiger partial charge in [0.2, 0.25) is 5.91 Å². The number of fused-ring (bicyclic) bond motifs is 1. The third-order valence-corrected chi connectivity index (χ3v) is 5.24. The zero-order chi connectivity index (χ0) is 22.9. The molecule has 2 aromatic carbocycles. The van der Waals surface area contributed by atoms with Gasteiger partial charge in [-0.15, -0.1) is 0 Å². The molecule has 2 aromatic rings. The number of halogens is 2. The Kier molecular flexibility index (Phi) is 8.56. The van der Waals surface area contributed by atoms with Gasteiger partial charge in [-0.1, -0.05) is 12.1 Å². The van der Waals surface area contributed by atoms with Crippen molar-refractivity contribution in [2.45, 2.75) is 45.2 Å². The molecule has 1 aliphatic heterocycles. The number of aryl methyl sites for hydroxylation is 1. The van der Waals surface area contributed by atoms with Crippen LogP contribution >= 0.6 is 0 Å². The minimum absolute atomic E-state index is 0.00827. The van der Waals surface area contributed by atoms with E-state index in [1.807, 2.05) is 18.2 Å². The van der Waals surface area contributed by atoms with Gasteiger partial charge in [0.1, 0.15) is 17.4 Å². The number of aliphatic carboxylic acids is 1. The number of nitrogens with one attached hydrogen (secondary N) is 1. The zero-order valence-electron chi connectivity index (χ0n) is 17.9. The highest BCUT2D eigenvalue weighted by Crippen LogP contribution is 2.24. The van der Waals surface area contributed by atoms with Crippen LogP contribution in [0.25, 0.3) is 0 Å².